The standard InChI is InChI=1S/C13H18N2O3/c1-17-11-4-2-9(7-14)12(6-11)18-8-10-3-5-13(16)15-10/h2,4,6,10H,3,5,7-8,14H2,1H3,(H,15,16). The lowest BCUT2D eigenvalue weighted by Gasteiger charge is -2.15. The van der Waals surface area contributed by atoms with Gasteiger partial charge in [0.05, 0.1) is 13.2 Å². The minimum absolute atomic E-state index is 0.0910. The fraction of sp³-hybridized carbons (Fsp3) is 0.462. The van der Waals surface area contributed by atoms with E-state index in [1.165, 1.54) is 0 Å². The third-order valence-electron chi connectivity index (χ3n) is 3.02. The van der Waals surface area contributed by atoms with E-state index in [0.29, 0.717) is 19.6 Å². The number of rotatable bonds is 5. The second-order valence-corrected chi connectivity index (χ2v) is 4.29. The molecular formula is C13H18N2O3. The number of nitrogens with one attached hydrogen (secondary N) is 1. The molecule has 1 amide bonds. The van der Waals surface area contributed by atoms with Crippen LogP contribution in [-0.2, 0) is 11.3 Å². The van der Waals surface area contributed by atoms with Gasteiger partial charge in [-0.3, -0.25) is 4.79 Å². The van der Waals surface area contributed by atoms with E-state index in [1.54, 1.807) is 7.11 Å². The highest BCUT2D eigenvalue weighted by atomic mass is 16.5. The van der Waals surface area contributed by atoms with Crippen molar-refractivity contribution in [3.8, 4) is 11.5 Å². The largest absolute Gasteiger partial charge is 0.497 e. The first-order valence-corrected chi connectivity index (χ1v) is 6.02. The van der Waals surface area contributed by atoms with Crippen molar-refractivity contribution in [3.05, 3.63) is 23.8 Å². The molecule has 0 saturated carbocycles. The van der Waals surface area contributed by atoms with Gasteiger partial charge in [-0.15, -0.1) is 0 Å². The van der Waals surface area contributed by atoms with E-state index in [-0.39, 0.29) is 11.9 Å². The first-order valence-electron chi connectivity index (χ1n) is 6.02. The fourth-order valence-electron chi connectivity index (χ4n) is 1.96. The molecule has 1 fully saturated rings. The molecule has 18 heavy (non-hydrogen) atoms. The summed E-state index contributed by atoms with van der Waals surface area (Å²) in [7, 11) is 1.61. The Bertz CT molecular complexity index is 434. The Hall–Kier alpha value is -1.75. The van der Waals surface area contributed by atoms with Gasteiger partial charge >= 0.3 is 0 Å². The molecule has 5 heteroatoms. The quantitative estimate of drug-likeness (QED) is 0.811. The molecular weight excluding hydrogens is 232 g/mol. The van der Waals surface area contributed by atoms with E-state index in [0.717, 1.165) is 23.5 Å². The second kappa shape index (κ2) is 5.73. The zero-order valence-electron chi connectivity index (χ0n) is 10.4. The van der Waals surface area contributed by atoms with E-state index >= 15 is 0 Å². The van der Waals surface area contributed by atoms with Crippen LogP contribution in [-0.4, -0.2) is 25.7 Å². The normalized spacial score (nSPS) is 18.6. The third-order valence-corrected chi connectivity index (χ3v) is 3.02. The van der Waals surface area contributed by atoms with Crippen molar-refractivity contribution >= 4 is 5.91 Å². The highest BCUT2D eigenvalue weighted by molar-refractivity contribution is 5.78. The maximum atomic E-state index is 11.1. The first-order chi connectivity index (χ1) is 8.72. The summed E-state index contributed by atoms with van der Waals surface area (Å²) in [6.45, 7) is 0.877. The van der Waals surface area contributed by atoms with E-state index in [2.05, 4.69) is 5.32 Å². The van der Waals surface area contributed by atoms with Crippen LogP contribution in [0.5, 0.6) is 11.5 Å². The molecule has 0 bridgehead atoms. The summed E-state index contributed by atoms with van der Waals surface area (Å²) in [5.74, 6) is 1.55. The van der Waals surface area contributed by atoms with E-state index in [9.17, 15) is 4.79 Å². The maximum absolute atomic E-state index is 11.1. The van der Waals surface area contributed by atoms with Gasteiger partial charge in [-0.05, 0) is 12.5 Å². The van der Waals surface area contributed by atoms with Gasteiger partial charge in [0, 0.05) is 24.6 Å². The Morgan fingerprint density at radius 2 is 2.33 bits per heavy atom. The van der Waals surface area contributed by atoms with E-state index in [1.807, 2.05) is 18.2 Å². The van der Waals surface area contributed by atoms with Crippen molar-refractivity contribution < 1.29 is 14.3 Å². The number of nitrogens with two attached hydrogens (primary N) is 1. The minimum Gasteiger partial charge on any atom is -0.497 e. The zero-order valence-corrected chi connectivity index (χ0v) is 10.4. The molecule has 0 radical (unpaired) electrons. The molecule has 1 heterocycles. The highest BCUT2D eigenvalue weighted by Gasteiger charge is 2.21. The highest BCUT2D eigenvalue weighted by Crippen LogP contribution is 2.25. The summed E-state index contributed by atoms with van der Waals surface area (Å²) >= 11 is 0. The number of carbonyl (C=O) groups is 1. The van der Waals surface area contributed by atoms with E-state index < -0.39 is 0 Å². The molecule has 1 unspecified atom stereocenters. The maximum Gasteiger partial charge on any atom is 0.220 e. The molecule has 5 nitrogen and oxygen atoms in total. The molecule has 3 N–H and O–H groups in total. The zero-order chi connectivity index (χ0) is 13.0. The second-order valence-electron chi connectivity index (χ2n) is 4.29. The average Bonchev–Trinajstić information content (AvgIpc) is 2.81. The van der Waals surface area contributed by atoms with Gasteiger partial charge in [0.1, 0.15) is 18.1 Å². The van der Waals surface area contributed by atoms with Gasteiger partial charge < -0.3 is 20.5 Å². The summed E-state index contributed by atoms with van der Waals surface area (Å²) < 4.78 is 10.9. The van der Waals surface area contributed by atoms with Crippen LogP contribution in [0.15, 0.2) is 18.2 Å². The lowest BCUT2D eigenvalue weighted by molar-refractivity contribution is -0.119. The van der Waals surface area contributed by atoms with E-state index in [4.69, 9.17) is 15.2 Å². The lowest BCUT2D eigenvalue weighted by Crippen LogP contribution is -2.31. The van der Waals surface area contributed by atoms with Gasteiger partial charge in [-0.2, -0.15) is 0 Å². The summed E-state index contributed by atoms with van der Waals surface area (Å²) in [6, 6.07) is 5.65. The first kappa shape index (κ1) is 12.7. The van der Waals surface area contributed by atoms with Crippen LogP contribution in [0.3, 0.4) is 0 Å². The van der Waals surface area contributed by atoms with Crippen LogP contribution in [0.4, 0.5) is 0 Å². The predicted molar refractivity (Wildman–Crippen MR) is 67.5 cm³/mol. The van der Waals surface area contributed by atoms with Crippen LogP contribution in [0.25, 0.3) is 0 Å². The van der Waals surface area contributed by atoms with Crippen molar-refractivity contribution in [1.82, 2.24) is 5.32 Å². The summed E-state index contributed by atoms with van der Waals surface area (Å²) in [5.41, 5.74) is 6.59. The Morgan fingerprint density at radius 3 is 2.94 bits per heavy atom. The predicted octanol–water partition coefficient (Wildman–Crippen LogP) is 0.811. The van der Waals surface area contributed by atoms with Crippen LogP contribution < -0.4 is 20.5 Å². The summed E-state index contributed by atoms with van der Waals surface area (Å²) in [5, 5.41) is 2.86. The molecule has 1 saturated heterocycles. The summed E-state index contributed by atoms with van der Waals surface area (Å²) in [6.07, 6.45) is 1.40. The Morgan fingerprint density at radius 1 is 1.50 bits per heavy atom. The van der Waals surface area contributed by atoms with Crippen molar-refractivity contribution in [2.75, 3.05) is 13.7 Å². The Kier molecular flexibility index (Phi) is 4.04. The summed E-state index contributed by atoms with van der Waals surface area (Å²) in [4.78, 5) is 11.1. The molecule has 1 atom stereocenters. The monoisotopic (exact) mass is 250 g/mol. The molecule has 0 spiro atoms. The number of hydrogen-bond donors (Lipinski definition) is 2. The molecule has 2 rings (SSSR count). The smallest absolute Gasteiger partial charge is 0.220 e. The topological polar surface area (TPSA) is 73.6 Å². The van der Waals surface area contributed by atoms with Crippen molar-refractivity contribution in [1.29, 1.82) is 0 Å². The number of ether oxygens (including phenoxy) is 2. The van der Waals surface area contributed by atoms with Crippen LogP contribution in [0, 0.1) is 0 Å². The lowest BCUT2D eigenvalue weighted by atomic mass is 10.2. The molecule has 0 aliphatic carbocycles. The molecule has 1 aromatic rings. The SMILES string of the molecule is COc1ccc(CN)c(OCC2CCC(=O)N2)c1. The van der Waals surface area contributed by atoms with Gasteiger partial charge in [-0.1, -0.05) is 6.07 Å². The average molecular weight is 250 g/mol. The van der Waals surface area contributed by atoms with Gasteiger partial charge in [0.2, 0.25) is 5.91 Å². The van der Waals surface area contributed by atoms with Crippen molar-refractivity contribution in [2.24, 2.45) is 5.73 Å². The molecule has 1 aromatic carbocycles. The number of methoxy groups -OCH3 is 1. The van der Waals surface area contributed by atoms with Crippen LogP contribution in [0.2, 0.25) is 0 Å². The van der Waals surface area contributed by atoms with Gasteiger partial charge in [-0.25, -0.2) is 0 Å². The molecule has 0 aromatic heterocycles. The number of hydrogen-bond acceptors (Lipinski definition) is 4. The van der Waals surface area contributed by atoms with Crippen molar-refractivity contribution in [3.63, 3.8) is 0 Å². The number of amides is 1. The minimum atomic E-state index is 0.0910. The van der Waals surface area contributed by atoms with Crippen molar-refractivity contribution in [2.45, 2.75) is 25.4 Å². The van der Waals surface area contributed by atoms with Gasteiger partial charge in [0.15, 0.2) is 0 Å². The Balaban J connectivity index is 2.00. The Labute approximate surface area is 106 Å². The molecule has 1 aliphatic heterocycles. The number of benzene rings is 1. The van der Waals surface area contributed by atoms with Crippen LogP contribution >= 0.6 is 0 Å². The fourth-order valence-corrected chi connectivity index (χ4v) is 1.96. The van der Waals surface area contributed by atoms with Gasteiger partial charge in [0.25, 0.3) is 0 Å². The van der Waals surface area contributed by atoms with Crippen LogP contribution in [0.1, 0.15) is 18.4 Å². The molecule has 98 valence electrons. The number of carbonyl (C=O) groups excluding carboxylic acids is 1. The third kappa shape index (κ3) is 2.92. The molecule has 1 aliphatic rings.